The highest BCUT2D eigenvalue weighted by Crippen LogP contribution is 2.44. The molecule has 2 heterocycles. The second-order valence-corrected chi connectivity index (χ2v) is 7.79. The molecule has 0 spiro atoms. The zero-order valence-corrected chi connectivity index (χ0v) is 13.7. The molecule has 24 heavy (non-hydrogen) atoms. The van der Waals surface area contributed by atoms with Crippen molar-refractivity contribution in [3.8, 4) is 0 Å². The van der Waals surface area contributed by atoms with Gasteiger partial charge in [0, 0.05) is 5.69 Å². The molecule has 0 radical (unpaired) electrons. The van der Waals surface area contributed by atoms with E-state index in [2.05, 4.69) is 10.0 Å². The molecule has 0 saturated carbocycles. The third-order valence-electron chi connectivity index (χ3n) is 4.56. The summed E-state index contributed by atoms with van der Waals surface area (Å²) in [6.45, 7) is 0. The molecule has 2 saturated heterocycles. The zero-order valence-electron chi connectivity index (χ0n) is 12.9. The van der Waals surface area contributed by atoms with Gasteiger partial charge in [0.05, 0.1) is 28.9 Å². The SMILES string of the molecule is CNS(=O)(=O)c1ccc(NC(=O)[C@H]2[C@@H](C(=O)O)[C@@H]3CC[C@@H]2O3)cc1. The van der Waals surface area contributed by atoms with Gasteiger partial charge < -0.3 is 15.2 Å². The highest BCUT2D eigenvalue weighted by Gasteiger charge is 2.55. The fraction of sp³-hybridized carbons (Fsp3) is 0.467. The van der Waals surface area contributed by atoms with Gasteiger partial charge in [0.1, 0.15) is 0 Å². The minimum atomic E-state index is -3.55. The van der Waals surface area contributed by atoms with E-state index < -0.39 is 39.8 Å². The number of fused-ring (bicyclic) bond motifs is 2. The molecule has 3 N–H and O–H groups in total. The van der Waals surface area contributed by atoms with Crippen LogP contribution in [-0.2, 0) is 24.3 Å². The van der Waals surface area contributed by atoms with Gasteiger partial charge in [-0.05, 0) is 44.2 Å². The standard InChI is InChI=1S/C15H18N2O6S/c1-16-24(21,22)9-4-2-8(3-5-9)17-14(18)12-10-6-7-11(23-10)13(12)15(19)20/h2-5,10-13,16H,6-7H2,1H3,(H,17,18)(H,19,20)/t10-,11-,12+,13-/m0/s1. The number of aliphatic carboxylic acids is 1. The van der Waals surface area contributed by atoms with Crippen LogP contribution in [0.3, 0.4) is 0 Å². The van der Waals surface area contributed by atoms with Gasteiger partial charge in [-0.1, -0.05) is 0 Å². The lowest BCUT2D eigenvalue weighted by atomic mass is 9.78. The summed E-state index contributed by atoms with van der Waals surface area (Å²) >= 11 is 0. The summed E-state index contributed by atoms with van der Waals surface area (Å²) in [5, 5.41) is 12.0. The van der Waals surface area contributed by atoms with Gasteiger partial charge in [-0.3, -0.25) is 9.59 Å². The Morgan fingerprint density at radius 1 is 1.12 bits per heavy atom. The first kappa shape index (κ1) is 16.9. The maximum atomic E-state index is 12.5. The third-order valence-corrected chi connectivity index (χ3v) is 5.99. The topological polar surface area (TPSA) is 122 Å². The molecule has 2 fully saturated rings. The number of benzene rings is 1. The van der Waals surface area contributed by atoms with Gasteiger partial charge in [0.15, 0.2) is 0 Å². The number of sulfonamides is 1. The molecule has 4 atom stereocenters. The molecule has 0 unspecified atom stereocenters. The number of hydrogen-bond donors (Lipinski definition) is 3. The Hall–Kier alpha value is -1.97. The maximum absolute atomic E-state index is 12.5. The van der Waals surface area contributed by atoms with E-state index in [0.717, 1.165) is 0 Å². The molecule has 2 bridgehead atoms. The van der Waals surface area contributed by atoms with Crippen molar-refractivity contribution in [3.63, 3.8) is 0 Å². The van der Waals surface area contributed by atoms with Crippen LogP contribution in [0.15, 0.2) is 29.2 Å². The first-order valence-corrected chi connectivity index (χ1v) is 9.04. The van der Waals surface area contributed by atoms with E-state index in [1.807, 2.05) is 0 Å². The third kappa shape index (κ3) is 2.90. The van der Waals surface area contributed by atoms with Crippen LogP contribution in [0.5, 0.6) is 0 Å². The highest BCUT2D eigenvalue weighted by atomic mass is 32.2. The van der Waals surface area contributed by atoms with E-state index in [-0.39, 0.29) is 11.0 Å². The van der Waals surface area contributed by atoms with Crippen molar-refractivity contribution in [2.24, 2.45) is 11.8 Å². The summed E-state index contributed by atoms with van der Waals surface area (Å²) < 4.78 is 31.1. The summed E-state index contributed by atoms with van der Waals surface area (Å²) in [5.41, 5.74) is 0.405. The molecule has 0 aliphatic carbocycles. The molecule has 1 amide bonds. The van der Waals surface area contributed by atoms with E-state index in [4.69, 9.17) is 4.74 Å². The fourth-order valence-corrected chi connectivity index (χ4v) is 4.12. The Morgan fingerprint density at radius 2 is 1.71 bits per heavy atom. The minimum absolute atomic E-state index is 0.0784. The number of nitrogens with one attached hydrogen (secondary N) is 2. The Kier molecular flexibility index (Phi) is 4.33. The Morgan fingerprint density at radius 3 is 2.25 bits per heavy atom. The van der Waals surface area contributed by atoms with Gasteiger partial charge in [0.2, 0.25) is 15.9 Å². The lowest BCUT2D eigenvalue weighted by Gasteiger charge is -2.23. The molecule has 2 aliphatic heterocycles. The van der Waals surface area contributed by atoms with Crippen LogP contribution in [0.2, 0.25) is 0 Å². The number of amides is 1. The molecule has 8 nitrogen and oxygen atoms in total. The molecule has 1 aromatic carbocycles. The van der Waals surface area contributed by atoms with E-state index in [0.29, 0.717) is 18.5 Å². The van der Waals surface area contributed by atoms with Gasteiger partial charge in [-0.25, -0.2) is 13.1 Å². The summed E-state index contributed by atoms with van der Waals surface area (Å²) in [4.78, 5) is 24.0. The molecule has 0 aromatic heterocycles. The van der Waals surface area contributed by atoms with E-state index in [1.165, 1.54) is 31.3 Å². The number of carbonyl (C=O) groups excluding carboxylic acids is 1. The van der Waals surface area contributed by atoms with Crippen LogP contribution >= 0.6 is 0 Å². The van der Waals surface area contributed by atoms with Gasteiger partial charge >= 0.3 is 5.97 Å². The smallest absolute Gasteiger partial charge is 0.310 e. The Balaban J connectivity index is 1.74. The fourth-order valence-electron chi connectivity index (χ4n) is 3.39. The average molecular weight is 354 g/mol. The number of rotatable bonds is 5. The van der Waals surface area contributed by atoms with E-state index >= 15 is 0 Å². The second-order valence-electron chi connectivity index (χ2n) is 5.90. The van der Waals surface area contributed by atoms with Crippen molar-refractivity contribution in [3.05, 3.63) is 24.3 Å². The second kappa shape index (κ2) is 6.15. The summed E-state index contributed by atoms with van der Waals surface area (Å²) in [5.74, 6) is -3.02. The van der Waals surface area contributed by atoms with Crippen LogP contribution < -0.4 is 10.0 Å². The normalized spacial score (nSPS) is 28.7. The summed E-state index contributed by atoms with van der Waals surface area (Å²) in [6.07, 6.45) is 0.542. The van der Waals surface area contributed by atoms with Crippen molar-refractivity contribution in [1.82, 2.24) is 4.72 Å². The molecule has 3 rings (SSSR count). The van der Waals surface area contributed by atoms with Crippen LogP contribution in [0.4, 0.5) is 5.69 Å². The van der Waals surface area contributed by atoms with Gasteiger partial charge in [-0.2, -0.15) is 0 Å². The average Bonchev–Trinajstić information content (AvgIpc) is 3.16. The number of hydrogen-bond acceptors (Lipinski definition) is 5. The summed E-state index contributed by atoms with van der Waals surface area (Å²) in [6, 6.07) is 5.67. The lowest BCUT2D eigenvalue weighted by Crippen LogP contribution is -2.40. The minimum Gasteiger partial charge on any atom is -0.481 e. The number of carboxylic acids is 1. The molecule has 130 valence electrons. The molecule has 9 heteroatoms. The largest absolute Gasteiger partial charge is 0.481 e. The van der Waals surface area contributed by atoms with Crippen LogP contribution in [-0.4, -0.2) is 44.7 Å². The first-order chi connectivity index (χ1) is 11.3. The highest BCUT2D eigenvalue weighted by molar-refractivity contribution is 7.89. The van der Waals surface area contributed by atoms with Gasteiger partial charge in [0.25, 0.3) is 0 Å². The number of carboxylic acid groups (broad SMARTS) is 1. The van der Waals surface area contributed by atoms with E-state index in [1.54, 1.807) is 0 Å². The monoisotopic (exact) mass is 354 g/mol. The number of anilines is 1. The lowest BCUT2D eigenvalue weighted by molar-refractivity contribution is -0.147. The predicted molar refractivity (Wildman–Crippen MR) is 83.8 cm³/mol. The molecular formula is C15H18N2O6S. The molecule has 2 aliphatic rings. The Bertz CT molecular complexity index is 761. The van der Waals surface area contributed by atoms with Crippen molar-refractivity contribution < 1.29 is 27.9 Å². The first-order valence-electron chi connectivity index (χ1n) is 7.56. The van der Waals surface area contributed by atoms with Crippen molar-refractivity contribution in [2.45, 2.75) is 29.9 Å². The van der Waals surface area contributed by atoms with Gasteiger partial charge in [-0.15, -0.1) is 0 Å². The van der Waals surface area contributed by atoms with Crippen molar-refractivity contribution in [1.29, 1.82) is 0 Å². The van der Waals surface area contributed by atoms with Crippen LogP contribution in [0.25, 0.3) is 0 Å². The van der Waals surface area contributed by atoms with Crippen molar-refractivity contribution in [2.75, 3.05) is 12.4 Å². The number of ether oxygens (including phenoxy) is 1. The molecular weight excluding hydrogens is 336 g/mol. The summed E-state index contributed by atoms with van der Waals surface area (Å²) in [7, 11) is -2.23. The van der Waals surface area contributed by atoms with E-state index in [9.17, 15) is 23.1 Å². The number of carbonyl (C=O) groups is 2. The zero-order chi connectivity index (χ0) is 17.5. The quantitative estimate of drug-likeness (QED) is 0.704. The van der Waals surface area contributed by atoms with Crippen molar-refractivity contribution >= 4 is 27.6 Å². The Labute approximate surface area is 139 Å². The van der Waals surface area contributed by atoms with Crippen LogP contribution in [0, 0.1) is 11.8 Å². The van der Waals surface area contributed by atoms with Crippen LogP contribution in [0.1, 0.15) is 12.8 Å². The molecule has 1 aromatic rings. The maximum Gasteiger partial charge on any atom is 0.310 e. The predicted octanol–water partition coefficient (Wildman–Crippen LogP) is 0.411.